The number of hydrogen-bond donors (Lipinski definition) is 4. The highest BCUT2D eigenvalue weighted by molar-refractivity contribution is 5.91. The zero-order valence-corrected chi connectivity index (χ0v) is 11.6. The molecule has 2 unspecified atom stereocenters. The van der Waals surface area contributed by atoms with Gasteiger partial charge in [0.05, 0.1) is 6.10 Å². The first-order valence-electron chi connectivity index (χ1n) is 6.29. The van der Waals surface area contributed by atoms with Crippen molar-refractivity contribution in [2.75, 3.05) is 13.6 Å². The molecular weight excluding hydrogens is 307 g/mol. The molecule has 6 nitrogen and oxygen atoms in total. The van der Waals surface area contributed by atoms with Gasteiger partial charge in [-0.3, -0.25) is 0 Å². The molecule has 0 spiro atoms. The van der Waals surface area contributed by atoms with Crippen LogP contribution in [-0.4, -0.2) is 47.3 Å². The van der Waals surface area contributed by atoms with Crippen LogP contribution in [0.1, 0.15) is 28.4 Å². The number of aliphatic hydroxyl groups is 2. The second kappa shape index (κ2) is 7.43. The summed E-state index contributed by atoms with van der Waals surface area (Å²) < 4.78 is 40.6. The Morgan fingerprint density at radius 3 is 2.50 bits per heavy atom. The van der Waals surface area contributed by atoms with Gasteiger partial charge in [-0.15, -0.1) is 13.2 Å². The molecule has 1 aromatic rings. The molecule has 9 heteroatoms. The fourth-order valence-electron chi connectivity index (χ4n) is 1.78. The molecule has 0 heterocycles. The molecule has 124 valence electrons. The van der Waals surface area contributed by atoms with Crippen LogP contribution >= 0.6 is 0 Å². The summed E-state index contributed by atoms with van der Waals surface area (Å²) in [5.41, 5.74) is -0.772. The van der Waals surface area contributed by atoms with Crippen molar-refractivity contribution in [3.63, 3.8) is 0 Å². The second-order valence-corrected chi connectivity index (χ2v) is 4.51. The Balaban J connectivity index is 3.07. The van der Waals surface area contributed by atoms with Crippen LogP contribution in [0.25, 0.3) is 0 Å². The largest absolute Gasteiger partial charge is 0.573 e. The number of benzene rings is 1. The highest BCUT2D eigenvalue weighted by Gasteiger charge is 2.33. The van der Waals surface area contributed by atoms with E-state index < -0.39 is 35.9 Å². The molecule has 0 amide bonds. The van der Waals surface area contributed by atoms with Gasteiger partial charge in [-0.05, 0) is 37.7 Å². The zero-order chi connectivity index (χ0) is 16.9. The minimum absolute atomic E-state index is 0.0761. The summed E-state index contributed by atoms with van der Waals surface area (Å²) >= 11 is 0. The van der Waals surface area contributed by atoms with Crippen molar-refractivity contribution in [1.29, 1.82) is 0 Å². The van der Waals surface area contributed by atoms with Gasteiger partial charge in [0.2, 0.25) is 0 Å². The maximum Gasteiger partial charge on any atom is 0.573 e. The highest BCUT2D eigenvalue weighted by Crippen LogP contribution is 2.30. The monoisotopic (exact) mass is 323 g/mol. The molecular formula is C13H16F3NO5. The van der Waals surface area contributed by atoms with E-state index >= 15 is 0 Å². The zero-order valence-electron chi connectivity index (χ0n) is 11.6. The van der Waals surface area contributed by atoms with E-state index in [1.54, 1.807) is 7.05 Å². The SMILES string of the molecule is CNCCC(O)C(O)c1ccc(C(=O)O)c(OC(F)(F)F)c1. The van der Waals surface area contributed by atoms with Crippen LogP contribution in [0.15, 0.2) is 18.2 Å². The third-order valence-corrected chi connectivity index (χ3v) is 2.86. The molecule has 0 saturated carbocycles. The van der Waals surface area contributed by atoms with E-state index in [-0.39, 0.29) is 12.0 Å². The van der Waals surface area contributed by atoms with E-state index in [0.29, 0.717) is 6.54 Å². The van der Waals surface area contributed by atoms with Crippen molar-refractivity contribution in [2.24, 2.45) is 0 Å². The number of halogens is 3. The van der Waals surface area contributed by atoms with Gasteiger partial charge in [0.15, 0.2) is 0 Å². The Bertz CT molecular complexity index is 521. The molecule has 0 bridgehead atoms. The van der Waals surface area contributed by atoms with Gasteiger partial charge in [-0.2, -0.15) is 0 Å². The number of ether oxygens (including phenoxy) is 1. The number of rotatable bonds is 7. The summed E-state index contributed by atoms with van der Waals surface area (Å²) in [7, 11) is 1.63. The number of alkyl halides is 3. The van der Waals surface area contributed by atoms with Gasteiger partial charge in [-0.1, -0.05) is 6.07 Å². The summed E-state index contributed by atoms with van der Waals surface area (Å²) in [6.07, 6.45) is -7.60. The van der Waals surface area contributed by atoms with Crippen molar-refractivity contribution in [3.05, 3.63) is 29.3 Å². The molecule has 0 aromatic heterocycles. The topological polar surface area (TPSA) is 99.0 Å². The van der Waals surface area contributed by atoms with Crippen molar-refractivity contribution >= 4 is 5.97 Å². The maximum absolute atomic E-state index is 12.3. The van der Waals surface area contributed by atoms with E-state index in [1.807, 2.05) is 0 Å². The maximum atomic E-state index is 12.3. The first-order valence-corrected chi connectivity index (χ1v) is 6.29. The summed E-state index contributed by atoms with van der Waals surface area (Å²) in [4.78, 5) is 10.9. The van der Waals surface area contributed by atoms with Crippen LogP contribution in [-0.2, 0) is 0 Å². The fraction of sp³-hybridized carbons (Fsp3) is 0.462. The van der Waals surface area contributed by atoms with E-state index in [9.17, 15) is 28.2 Å². The van der Waals surface area contributed by atoms with E-state index in [2.05, 4.69) is 10.1 Å². The molecule has 2 atom stereocenters. The average molecular weight is 323 g/mol. The van der Waals surface area contributed by atoms with Gasteiger partial charge >= 0.3 is 12.3 Å². The van der Waals surface area contributed by atoms with Crippen molar-refractivity contribution < 1.29 is 38.0 Å². The average Bonchev–Trinajstić information content (AvgIpc) is 2.41. The van der Waals surface area contributed by atoms with Crippen LogP contribution < -0.4 is 10.1 Å². The van der Waals surface area contributed by atoms with Gasteiger partial charge in [0, 0.05) is 0 Å². The number of aromatic carboxylic acids is 1. The third kappa shape index (κ3) is 5.17. The Hall–Kier alpha value is -1.84. The lowest BCUT2D eigenvalue weighted by molar-refractivity contribution is -0.274. The molecule has 1 rings (SSSR count). The fourth-order valence-corrected chi connectivity index (χ4v) is 1.78. The summed E-state index contributed by atoms with van der Waals surface area (Å²) in [5, 5.41) is 31.2. The third-order valence-electron chi connectivity index (χ3n) is 2.86. The smallest absolute Gasteiger partial charge is 0.478 e. The Morgan fingerprint density at radius 2 is 2.00 bits per heavy atom. The standard InChI is InChI=1S/C13H16F3NO5/c1-17-5-4-9(18)11(19)7-2-3-8(12(20)21)10(6-7)22-13(14,15)16/h2-3,6,9,11,17-19H,4-5H2,1H3,(H,20,21). The minimum atomic E-state index is -5.07. The Kier molecular flexibility index (Phi) is 6.15. The molecule has 4 N–H and O–H groups in total. The van der Waals surface area contributed by atoms with Gasteiger partial charge in [-0.25, -0.2) is 4.79 Å². The molecule has 0 aliphatic carbocycles. The lowest BCUT2D eigenvalue weighted by Gasteiger charge is -2.19. The first-order chi connectivity index (χ1) is 10.2. The van der Waals surface area contributed by atoms with Crippen LogP contribution in [0, 0.1) is 0 Å². The van der Waals surface area contributed by atoms with Crippen LogP contribution in [0.3, 0.4) is 0 Å². The van der Waals surface area contributed by atoms with E-state index in [1.165, 1.54) is 0 Å². The van der Waals surface area contributed by atoms with E-state index in [4.69, 9.17) is 5.11 Å². The van der Waals surface area contributed by atoms with Gasteiger partial charge in [0.1, 0.15) is 17.4 Å². The van der Waals surface area contributed by atoms with Crippen LogP contribution in [0.4, 0.5) is 13.2 Å². The number of hydrogen-bond acceptors (Lipinski definition) is 5. The van der Waals surface area contributed by atoms with Crippen molar-refractivity contribution in [1.82, 2.24) is 5.32 Å². The summed E-state index contributed by atoms with van der Waals surface area (Å²) in [5.74, 6) is -2.55. The summed E-state index contributed by atoms with van der Waals surface area (Å²) in [6, 6.07) is 2.76. The molecule has 0 fully saturated rings. The number of carboxylic acid groups (broad SMARTS) is 1. The first kappa shape index (κ1) is 18.2. The number of aliphatic hydroxyl groups excluding tert-OH is 2. The predicted octanol–water partition coefficient (Wildman–Crippen LogP) is 1.29. The van der Waals surface area contributed by atoms with E-state index in [0.717, 1.165) is 18.2 Å². The van der Waals surface area contributed by atoms with Crippen LogP contribution in [0.2, 0.25) is 0 Å². The van der Waals surface area contributed by atoms with Crippen LogP contribution in [0.5, 0.6) is 5.75 Å². The summed E-state index contributed by atoms with van der Waals surface area (Å²) in [6.45, 7) is 0.386. The van der Waals surface area contributed by atoms with Crippen molar-refractivity contribution in [3.8, 4) is 5.75 Å². The normalized spacial score (nSPS) is 14.5. The Labute approximate surface area is 124 Å². The quantitative estimate of drug-likeness (QED) is 0.603. The molecule has 0 aliphatic rings. The van der Waals surface area contributed by atoms with Gasteiger partial charge < -0.3 is 25.4 Å². The predicted molar refractivity (Wildman–Crippen MR) is 69.6 cm³/mol. The number of nitrogens with one attached hydrogen (secondary N) is 1. The second-order valence-electron chi connectivity index (χ2n) is 4.51. The lowest BCUT2D eigenvalue weighted by Crippen LogP contribution is -2.24. The molecule has 0 saturated heterocycles. The molecule has 0 aliphatic heterocycles. The number of carboxylic acids is 1. The molecule has 0 radical (unpaired) electrons. The Morgan fingerprint density at radius 1 is 1.36 bits per heavy atom. The molecule has 22 heavy (non-hydrogen) atoms. The molecule has 1 aromatic carbocycles. The lowest BCUT2D eigenvalue weighted by atomic mass is 10.00. The van der Waals surface area contributed by atoms with Gasteiger partial charge in [0.25, 0.3) is 0 Å². The van der Waals surface area contributed by atoms with Crippen molar-refractivity contribution in [2.45, 2.75) is 25.0 Å². The number of carbonyl (C=O) groups is 1. The minimum Gasteiger partial charge on any atom is -0.478 e. The highest BCUT2D eigenvalue weighted by atomic mass is 19.4.